The molecule has 0 saturated heterocycles. The molecule has 56 valence electrons. The molecule has 0 aromatic carbocycles. The molecule has 0 aromatic rings. The van der Waals surface area contributed by atoms with Crippen molar-refractivity contribution in [1.29, 1.82) is 0 Å². The first kappa shape index (κ1) is 7.32. The Hall–Kier alpha value is -0.790. The Morgan fingerprint density at radius 2 is 2.40 bits per heavy atom. The number of carbonyl (C=O) groups is 1. The van der Waals surface area contributed by atoms with Crippen LogP contribution < -0.4 is 0 Å². The summed E-state index contributed by atoms with van der Waals surface area (Å²) in [6.45, 7) is 2.13. The molecule has 0 spiro atoms. The third kappa shape index (κ3) is 1.59. The Balaban J connectivity index is 2.62. The summed E-state index contributed by atoms with van der Waals surface area (Å²) >= 11 is 0. The van der Waals surface area contributed by atoms with Crippen LogP contribution in [0.4, 0.5) is 0 Å². The van der Waals surface area contributed by atoms with Gasteiger partial charge in [-0.25, -0.2) is 0 Å². The van der Waals surface area contributed by atoms with Gasteiger partial charge >= 0.3 is 0 Å². The molecule has 1 atom stereocenters. The van der Waals surface area contributed by atoms with Gasteiger partial charge in [0.15, 0.2) is 0 Å². The Labute approximate surface area is 61.5 Å². The molecule has 2 nitrogen and oxygen atoms in total. The zero-order chi connectivity index (χ0) is 7.56. The summed E-state index contributed by atoms with van der Waals surface area (Å²) in [6, 6.07) is 0. The first-order valence-corrected chi connectivity index (χ1v) is 3.64. The summed E-state index contributed by atoms with van der Waals surface area (Å²) in [4.78, 5) is 12.7. The van der Waals surface area contributed by atoms with E-state index in [2.05, 4.69) is 13.0 Å². The summed E-state index contributed by atoms with van der Waals surface area (Å²) in [5.41, 5.74) is 0. The van der Waals surface area contributed by atoms with E-state index in [4.69, 9.17) is 0 Å². The van der Waals surface area contributed by atoms with Crippen LogP contribution in [-0.2, 0) is 4.79 Å². The van der Waals surface area contributed by atoms with Crippen LogP contribution in [-0.4, -0.2) is 17.9 Å². The Kier molecular flexibility index (Phi) is 2.10. The van der Waals surface area contributed by atoms with Gasteiger partial charge in [0.05, 0.1) is 0 Å². The SMILES string of the molecule is C[C@@H]1C=CN(C)C(=O)CC1. The van der Waals surface area contributed by atoms with Crippen molar-refractivity contribution in [1.82, 2.24) is 4.90 Å². The summed E-state index contributed by atoms with van der Waals surface area (Å²) in [5.74, 6) is 0.773. The molecule has 1 aliphatic rings. The minimum Gasteiger partial charge on any atom is -0.322 e. The van der Waals surface area contributed by atoms with Gasteiger partial charge in [0.25, 0.3) is 0 Å². The average Bonchev–Trinajstić information content (AvgIpc) is 2.04. The molecule has 0 unspecified atom stereocenters. The summed E-state index contributed by atoms with van der Waals surface area (Å²) < 4.78 is 0. The lowest BCUT2D eigenvalue weighted by atomic mass is 10.1. The maximum absolute atomic E-state index is 11.0. The van der Waals surface area contributed by atoms with Crippen molar-refractivity contribution < 1.29 is 4.79 Å². The van der Waals surface area contributed by atoms with Crippen LogP contribution in [0.1, 0.15) is 19.8 Å². The van der Waals surface area contributed by atoms with Crippen LogP contribution in [0.5, 0.6) is 0 Å². The third-order valence-electron chi connectivity index (χ3n) is 1.85. The van der Waals surface area contributed by atoms with E-state index in [0.717, 1.165) is 6.42 Å². The fraction of sp³-hybridized carbons (Fsp3) is 0.625. The number of nitrogens with zero attached hydrogens (tertiary/aromatic N) is 1. The second-order valence-electron chi connectivity index (χ2n) is 2.86. The number of allylic oxidation sites excluding steroid dienone is 1. The predicted octanol–water partition coefficient (Wildman–Crippen LogP) is 1.39. The maximum Gasteiger partial charge on any atom is 0.226 e. The average molecular weight is 139 g/mol. The molecule has 0 N–H and O–H groups in total. The van der Waals surface area contributed by atoms with E-state index in [1.165, 1.54) is 0 Å². The monoisotopic (exact) mass is 139 g/mol. The predicted molar refractivity (Wildman–Crippen MR) is 40.3 cm³/mol. The molecule has 1 rings (SSSR count). The second kappa shape index (κ2) is 2.86. The van der Waals surface area contributed by atoms with Crippen molar-refractivity contribution in [3.8, 4) is 0 Å². The lowest BCUT2D eigenvalue weighted by Gasteiger charge is -2.07. The summed E-state index contributed by atoms with van der Waals surface area (Å²) in [7, 11) is 1.80. The van der Waals surface area contributed by atoms with Crippen molar-refractivity contribution >= 4 is 5.91 Å². The number of rotatable bonds is 0. The molecular formula is C8H13NO. The first-order chi connectivity index (χ1) is 4.70. The molecule has 0 bridgehead atoms. The molecule has 0 radical (unpaired) electrons. The molecule has 1 heterocycles. The lowest BCUT2D eigenvalue weighted by Crippen LogP contribution is -2.18. The van der Waals surface area contributed by atoms with Gasteiger partial charge in [-0.1, -0.05) is 13.0 Å². The topological polar surface area (TPSA) is 20.3 Å². The summed E-state index contributed by atoms with van der Waals surface area (Å²) in [5, 5.41) is 0. The van der Waals surface area contributed by atoms with Crippen molar-refractivity contribution in [3.05, 3.63) is 12.3 Å². The van der Waals surface area contributed by atoms with Crippen LogP contribution in [0.25, 0.3) is 0 Å². The van der Waals surface area contributed by atoms with Gasteiger partial charge in [0.2, 0.25) is 5.91 Å². The minimum absolute atomic E-state index is 0.223. The van der Waals surface area contributed by atoms with E-state index in [1.54, 1.807) is 11.9 Å². The van der Waals surface area contributed by atoms with Gasteiger partial charge in [-0.3, -0.25) is 4.79 Å². The van der Waals surface area contributed by atoms with Crippen molar-refractivity contribution in [2.45, 2.75) is 19.8 Å². The molecule has 0 fully saturated rings. The first-order valence-electron chi connectivity index (χ1n) is 3.64. The maximum atomic E-state index is 11.0. The highest BCUT2D eigenvalue weighted by Crippen LogP contribution is 2.12. The lowest BCUT2D eigenvalue weighted by molar-refractivity contribution is -0.127. The van der Waals surface area contributed by atoms with Crippen LogP contribution in [0.15, 0.2) is 12.3 Å². The van der Waals surface area contributed by atoms with Gasteiger partial charge in [-0.15, -0.1) is 0 Å². The van der Waals surface area contributed by atoms with Crippen LogP contribution in [0, 0.1) is 5.92 Å². The normalized spacial score (nSPS) is 26.8. The van der Waals surface area contributed by atoms with Crippen molar-refractivity contribution in [2.24, 2.45) is 5.92 Å². The smallest absolute Gasteiger partial charge is 0.226 e. The zero-order valence-electron chi connectivity index (χ0n) is 6.50. The van der Waals surface area contributed by atoms with Crippen LogP contribution in [0.2, 0.25) is 0 Å². The number of carbonyl (C=O) groups excluding carboxylic acids is 1. The van der Waals surface area contributed by atoms with Gasteiger partial charge in [-0.2, -0.15) is 0 Å². The quantitative estimate of drug-likeness (QED) is 0.496. The Morgan fingerprint density at radius 1 is 1.70 bits per heavy atom. The summed E-state index contributed by atoms with van der Waals surface area (Å²) in [6.07, 6.45) is 5.61. The van der Waals surface area contributed by atoms with E-state index in [0.29, 0.717) is 12.3 Å². The molecule has 2 heteroatoms. The molecular weight excluding hydrogens is 126 g/mol. The van der Waals surface area contributed by atoms with E-state index in [-0.39, 0.29) is 5.91 Å². The third-order valence-corrected chi connectivity index (χ3v) is 1.85. The molecule has 1 aliphatic heterocycles. The molecule has 10 heavy (non-hydrogen) atoms. The molecule has 1 amide bonds. The highest BCUT2D eigenvalue weighted by atomic mass is 16.2. The molecule has 0 aliphatic carbocycles. The fourth-order valence-corrected chi connectivity index (χ4v) is 0.983. The zero-order valence-corrected chi connectivity index (χ0v) is 6.50. The van der Waals surface area contributed by atoms with E-state index in [9.17, 15) is 4.79 Å². The number of hydrogen-bond acceptors (Lipinski definition) is 1. The van der Waals surface area contributed by atoms with E-state index < -0.39 is 0 Å². The standard InChI is InChI=1S/C8H13NO/c1-7-3-4-8(10)9(2)6-5-7/h5-7H,3-4H2,1-2H3/t7-/m0/s1. The Bertz CT molecular complexity index is 163. The molecule has 0 aromatic heterocycles. The Morgan fingerprint density at radius 3 is 3.10 bits per heavy atom. The van der Waals surface area contributed by atoms with Crippen LogP contribution >= 0.6 is 0 Å². The van der Waals surface area contributed by atoms with Crippen LogP contribution in [0.3, 0.4) is 0 Å². The van der Waals surface area contributed by atoms with Gasteiger partial charge < -0.3 is 4.90 Å². The number of amides is 1. The van der Waals surface area contributed by atoms with Gasteiger partial charge in [0, 0.05) is 19.7 Å². The highest BCUT2D eigenvalue weighted by Gasteiger charge is 2.11. The second-order valence-corrected chi connectivity index (χ2v) is 2.86. The largest absolute Gasteiger partial charge is 0.322 e. The van der Waals surface area contributed by atoms with Crippen molar-refractivity contribution in [2.75, 3.05) is 7.05 Å². The van der Waals surface area contributed by atoms with Crippen molar-refractivity contribution in [3.63, 3.8) is 0 Å². The minimum atomic E-state index is 0.223. The van der Waals surface area contributed by atoms with Gasteiger partial charge in [0.1, 0.15) is 0 Å². The van der Waals surface area contributed by atoms with E-state index in [1.807, 2.05) is 6.20 Å². The molecule has 0 saturated carbocycles. The van der Waals surface area contributed by atoms with E-state index >= 15 is 0 Å². The number of hydrogen-bond donors (Lipinski definition) is 0. The van der Waals surface area contributed by atoms with Gasteiger partial charge in [-0.05, 0) is 12.3 Å². The fourth-order valence-electron chi connectivity index (χ4n) is 0.983. The highest BCUT2D eigenvalue weighted by molar-refractivity contribution is 5.77.